The molecule has 106 valence electrons. The Morgan fingerprint density at radius 3 is 2.55 bits per heavy atom. The quantitative estimate of drug-likeness (QED) is 0.895. The molecule has 0 saturated heterocycles. The van der Waals surface area contributed by atoms with Crippen LogP contribution in [-0.4, -0.2) is 13.7 Å². The largest absolute Gasteiger partial charge is 0.491 e. The first kappa shape index (κ1) is 14.5. The van der Waals surface area contributed by atoms with E-state index in [0.29, 0.717) is 12.2 Å². The summed E-state index contributed by atoms with van der Waals surface area (Å²) in [6.45, 7) is 4.47. The Kier molecular flexibility index (Phi) is 4.74. The smallest absolute Gasteiger partial charge is 0.128 e. The summed E-state index contributed by atoms with van der Waals surface area (Å²) in [6.07, 6.45) is 0. The first-order valence-electron chi connectivity index (χ1n) is 6.74. The molecular formula is C17H20FNO. The maximum atomic E-state index is 13.8. The molecular weight excluding hydrogens is 253 g/mol. The average molecular weight is 273 g/mol. The van der Waals surface area contributed by atoms with Gasteiger partial charge in [0, 0.05) is 5.56 Å². The zero-order valence-corrected chi connectivity index (χ0v) is 12.1. The minimum atomic E-state index is -0.212. The lowest BCUT2D eigenvalue weighted by Gasteiger charge is -2.19. The molecule has 1 unspecified atom stereocenters. The Bertz CT molecular complexity index is 583. The highest BCUT2D eigenvalue weighted by Gasteiger charge is 2.14. The van der Waals surface area contributed by atoms with Crippen LogP contribution in [0, 0.1) is 19.7 Å². The van der Waals surface area contributed by atoms with E-state index < -0.39 is 0 Å². The van der Waals surface area contributed by atoms with Gasteiger partial charge in [0.25, 0.3) is 0 Å². The SMILES string of the molecule is CNC(COc1cccc(C)c1C)c1ccccc1F. The maximum absolute atomic E-state index is 13.8. The van der Waals surface area contributed by atoms with Crippen LogP contribution in [0.2, 0.25) is 0 Å². The molecule has 0 bridgehead atoms. The predicted molar refractivity (Wildman–Crippen MR) is 79.6 cm³/mol. The van der Waals surface area contributed by atoms with Gasteiger partial charge in [-0.05, 0) is 44.2 Å². The van der Waals surface area contributed by atoms with Crippen LogP contribution in [0.15, 0.2) is 42.5 Å². The van der Waals surface area contributed by atoms with Gasteiger partial charge in [0.05, 0.1) is 6.04 Å². The summed E-state index contributed by atoms with van der Waals surface area (Å²) in [5.74, 6) is 0.637. The Morgan fingerprint density at radius 1 is 1.10 bits per heavy atom. The van der Waals surface area contributed by atoms with Crippen LogP contribution in [0.25, 0.3) is 0 Å². The molecule has 0 aromatic heterocycles. The van der Waals surface area contributed by atoms with Gasteiger partial charge in [0.1, 0.15) is 18.2 Å². The first-order valence-corrected chi connectivity index (χ1v) is 6.74. The van der Waals surface area contributed by atoms with E-state index >= 15 is 0 Å². The molecule has 0 fully saturated rings. The number of ether oxygens (including phenoxy) is 1. The van der Waals surface area contributed by atoms with Crippen molar-refractivity contribution in [3.63, 3.8) is 0 Å². The Hall–Kier alpha value is -1.87. The third-order valence-electron chi connectivity index (χ3n) is 3.59. The topological polar surface area (TPSA) is 21.3 Å². The van der Waals surface area contributed by atoms with Crippen molar-refractivity contribution >= 4 is 0 Å². The van der Waals surface area contributed by atoms with Crippen LogP contribution >= 0.6 is 0 Å². The van der Waals surface area contributed by atoms with Crippen LogP contribution in [0.4, 0.5) is 4.39 Å². The lowest BCUT2D eigenvalue weighted by molar-refractivity contribution is 0.268. The second-order valence-electron chi connectivity index (χ2n) is 4.87. The number of hydrogen-bond donors (Lipinski definition) is 1. The molecule has 20 heavy (non-hydrogen) atoms. The van der Waals surface area contributed by atoms with Crippen LogP contribution in [0.1, 0.15) is 22.7 Å². The lowest BCUT2D eigenvalue weighted by atomic mass is 10.1. The summed E-state index contributed by atoms with van der Waals surface area (Å²) in [7, 11) is 1.81. The minimum absolute atomic E-state index is 0.170. The van der Waals surface area contributed by atoms with E-state index in [1.165, 1.54) is 11.6 Å². The van der Waals surface area contributed by atoms with E-state index in [1.807, 2.05) is 32.2 Å². The number of rotatable bonds is 5. The van der Waals surface area contributed by atoms with Gasteiger partial charge in [-0.2, -0.15) is 0 Å². The third-order valence-corrected chi connectivity index (χ3v) is 3.59. The van der Waals surface area contributed by atoms with E-state index in [1.54, 1.807) is 12.1 Å². The molecule has 2 nitrogen and oxygen atoms in total. The number of hydrogen-bond acceptors (Lipinski definition) is 2. The Balaban J connectivity index is 2.12. The van der Waals surface area contributed by atoms with Gasteiger partial charge >= 0.3 is 0 Å². The highest BCUT2D eigenvalue weighted by atomic mass is 19.1. The number of benzene rings is 2. The highest BCUT2D eigenvalue weighted by Crippen LogP contribution is 2.23. The van der Waals surface area contributed by atoms with Gasteiger partial charge < -0.3 is 10.1 Å². The third kappa shape index (κ3) is 3.17. The molecule has 2 aromatic rings. The molecule has 0 aliphatic rings. The lowest BCUT2D eigenvalue weighted by Crippen LogP contribution is -2.24. The van der Waals surface area contributed by atoms with Crippen molar-refractivity contribution in [2.75, 3.05) is 13.7 Å². The maximum Gasteiger partial charge on any atom is 0.128 e. The Morgan fingerprint density at radius 2 is 1.85 bits per heavy atom. The van der Waals surface area contributed by atoms with Crippen LogP contribution in [0.5, 0.6) is 5.75 Å². The molecule has 1 N–H and O–H groups in total. The van der Waals surface area contributed by atoms with Crippen molar-refractivity contribution in [1.29, 1.82) is 0 Å². The van der Waals surface area contributed by atoms with Gasteiger partial charge in [0.15, 0.2) is 0 Å². The zero-order chi connectivity index (χ0) is 14.5. The van der Waals surface area contributed by atoms with Crippen molar-refractivity contribution in [3.8, 4) is 5.75 Å². The number of nitrogens with one attached hydrogen (secondary N) is 1. The minimum Gasteiger partial charge on any atom is -0.491 e. The summed E-state index contributed by atoms with van der Waals surface area (Å²) < 4.78 is 19.7. The molecule has 2 aromatic carbocycles. The second kappa shape index (κ2) is 6.53. The molecule has 0 saturated carbocycles. The van der Waals surface area contributed by atoms with Crippen LogP contribution in [0.3, 0.4) is 0 Å². The van der Waals surface area contributed by atoms with Crippen molar-refractivity contribution in [2.45, 2.75) is 19.9 Å². The van der Waals surface area contributed by atoms with E-state index in [2.05, 4.69) is 18.3 Å². The van der Waals surface area contributed by atoms with E-state index in [4.69, 9.17) is 4.74 Å². The van der Waals surface area contributed by atoms with Gasteiger partial charge in [-0.25, -0.2) is 4.39 Å². The monoisotopic (exact) mass is 273 g/mol. The molecule has 1 atom stereocenters. The predicted octanol–water partition coefficient (Wildman–Crippen LogP) is 3.78. The normalized spacial score (nSPS) is 12.2. The summed E-state index contributed by atoms with van der Waals surface area (Å²) in [5, 5.41) is 3.10. The Labute approximate surface area is 119 Å². The van der Waals surface area contributed by atoms with Gasteiger partial charge in [0.2, 0.25) is 0 Å². The van der Waals surface area contributed by atoms with Crippen molar-refractivity contribution in [2.24, 2.45) is 0 Å². The van der Waals surface area contributed by atoms with E-state index in [-0.39, 0.29) is 11.9 Å². The summed E-state index contributed by atoms with van der Waals surface area (Å²) >= 11 is 0. The summed E-state index contributed by atoms with van der Waals surface area (Å²) in [5.41, 5.74) is 2.94. The first-order chi connectivity index (χ1) is 9.63. The second-order valence-corrected chi connectivity index (χ2v) is 4.87. The number of likely N-dealkylation sites (N-methyl/N-ethyl adjacent to an activating group) is 1. The van der Waals surface area contributed by atoms with Crippen molar-refractivity contribution in [3.05, 3.63) is 65.0 Å². The van der Waals surface area contributed by atoms with E-state index in [0.717, 1.165) is 11.3 Å². The average Bonchev–Trinajstić information content (AvgIpc) is 2.45. The molecule has 0 radical (unpaired) electrons. The van der Waals surface area contributed by atoms with Gasteiger partial charge in [-0.1, -0.05) is 30.3 Å². The van der Waals surface area contributed by atoms with E-state index in [9.17, 15) is 4.39 Å². The molecule has 2 rings (SSSR count). The highest BCUT2D eigenvalue weighted by molar-refractivity contribution is 5.38. The molecule has 3 heteroatoms. The van der Waals surface area contributed by atoms with Crippen molar-refractivity contribution < 1.29 is 9.13 Å². The standard InChI is InChI=1S/C17H20FNO/c1-12-7-6-10-17(13(12)2)20-11-16(19-3)14-8-4-5-9-15(14)18/h4-10,16,19H,11H2,1-3H3. The van der Waals surface area contributed by atoms with Gasteiger partial charge in [-0.15, -0.1) is 0 Å². The molecule has 0 heterocycles. The number of aryl methyl sites for hydroxylation is 1. The fourth-order valence-electron chi connectivity index (χ4n) is 2.14. The van der Waals surface area contributed by atoms with Crippen molar-refractivity contribution in [1.82, 2.24) is 5.32 Å². The number of halogens is 1. The summed E-state index contributed by atoms with van der Waals surface area (Å²) in [4.78, 5) is 0. The summed E-state index contributed by atoms with van der Waals surface area (Å²) in [6, 6.07) is 12.6. The fourth-order valence-corrected chi connectivity index (χ4v) is 2.14. The molecule has 0 amide bonds. The molecule has 0 spiro atoms. The zero-order valence-electron chi connectivity index (χ0n) is 12.1. The molecule has 0 aliphatic carbocycles. The molecule has 0 aliphatic heterocycles. The van der Waals surface area contributed by atoms with Gasteiger partial charge in [-0.3, -0.25) is 0 Å². The van der Waals surface area contributed by atoms with Crippen LogP contribution < -0.4 is 10.1 Å². The fraction of sp³-hybridized carbons (Fsp3) is 0.294. The van der Waals surface area contributed by atoms with Crippen LogP contribution in [-0.2, 0) is 0 Å².